The van der Waals surface area contributed by atoms with Crippen LogP contribution in [-0.4, -0.2) is 21.5 Å². The summed E-state index contributed by atoms with van der Waals surface area (Å²) in [5.74, 6) is 0.856. The third-order valence-electron chi connectivity index (χ3n) is 5.45. The second-order valence-electron chi connectivity index (χ2n) is 7.78. The molecule has 0 atom stereocenters. The number of nitriles is 2. The topological polar surface area (TPSA) is 90.8 Å². The lowest BCUT2D eigenvalue weighted by Gasteiger charge is -2.26. The van der Waals surface area contributed by atoms with Gasteiger partial charge in [-0.25, -0.2) is 4.68 Å². The highest BCUT2D eigenvalue weighted by Gasteiger charge is 2.14. The molecule has 0 N–H and O–H groups in total. The number of benzene rings is 3. The molecule has 3 aromatic carbocycles. The predicted molar refractivity (Wildman–Crippen MR) is 130 cm³/mol. The average Bonchev–Trinajstić information content (AvgIpc) is 3.43. The Morgan fingerprint density at radius 1 is 0.912 bits per heavy atom. The van der Waals surface area contributed by atoms with Crippen molar-refractivity contribution in [3.8, 4) is 29.0 Å². The summed E-state index contributed by atoms with van der Waals surface area (Å²) < 4.78 is 7.60. The van der Waals surface area contributed by atoms with Gasteiger partial charge < -0.3 is 4.74 Å². The maximum absolute atomic E-state index is 9.68. The summed E-state index contributed by atoms with van der Waals surface area (Å²) in [6.45, 7) is 3.42. The number of hydrogen-bond donors (Lipinski definition) is 0. The van der Waals surface area contributed by atoms with Gasteiger partial charge in [0.25, 0.3) is 0 Å². The molecule has 7 nitrogen and oxygen atoms in total. The van der Waals surface area contributed by atoms with Crippen molar-refractivity contribution in [3.63, 3.8) is 0 Å². The molecule has 0 fully saturated rings. The smallest absolute Gasteiger partial charge is 0.139 e. The molecule has 0 amide bonds. The molecular formula is C27H24N6O. The van der Waals surface area contributed by atoms with Gasteiger partial charge in [-0.05, 0) is 60.0 Å². The van der Waals surface area contributed by atoms with E-state index in [1.807, 2.05) is 64.3 Å². The molecule has 0 unspecified atom stereocenters. The number of nitrogens with zero attached hydrogens (tertiary/aromatic N) is 6. The molecule has 4 rings (SSSR count). The van der Waals surface area contributed by atoms with Crippen LogP contribution >= 0.6 is 0 Å². The van der Waals surface area contributed by atoms with Gasteiger partial charge >= 0.3 is 0 Å². The van der Waals surface area contributed by atoms with Crippen LogP contribution < -0.4 is 9.75 Å². The summed E-state index contributed by atoms with van der Waals surface area (Å²) in [5.41, 5.74) is 4.76. The van der Waals surface area contributed by atoms with E-state index >= 15 is 0 Å². The lowest BCUT2D eigenvalue weighted by molar-refractivity contribution is 0.309. The minimum atomic E-state index is 0.561. The van der Waals surface area contributed by atoms with E-state index in [0.29, 0.717) is 24.3 Å². The maximum atomic E-state index is 9.68. The predicted octanol–water partition coefficient (Wildman–Crippen LogP) is 5.34. The van der Waals surface area contributed by atoms with E-state index < -0.39 is 0 Å². The van der Waals surface area contributed by atoms with Gasteiger partial charge in [0.1, 0.15) is 18.4 Å². The molecule has 0 saturated heterocycles. The van der Waals surface area contributed by atoms with E-state index in [2.05, 4.69) is 29.3 Å². The number of anilines is 1. The van der Waals surface area contributed by atoms with Crippen LogP contribution in [0.3, 0.4) is 0 Å². The number of unbranched alkanes of at least 4 members (excludes halogenated alkanes) is 1. The lowest BCUT2D eigenvalue weighted by atomic mass is 9.98. The summed E-state index contributed by atoms with van der Waals surface area (Å²) in [6, 6.07) is 25.4. The second kappa shape index (κ2) is 10.8. The SMILES string of the molecule is CCCCOc1ccc(CN(c2ccc(C#N)c(-c3ccc(C#N)cc3)c2)n2cnnc2)cc1. The molecule has 7 heteroatoms. The van der Waals surface area contributed by atoms with Gasteiger partial charge in [-0.3, -0.25) is 5.01 Å². The molecule has 0 spiro atoms. The van der Waals surface area contributed by atoms with Crippen molar-refractivity contribution in [3.05, 3.63) is 96.1 Å². The van der Waals surface area contributed by atoms with Crippen molar-refractivity contribution in [2.75, 3.05) is 11.6 Å². The van der Waals surface area contributed by atoms with E-state index in [4.69, 9.17) is 10.00 Å². The monoisotopic (exact) mass is 448 g/mol. The Hall–Kier alpha value is -4.62. The Kier molecular flexibility index (Phi) is 7.17. The van der Waals surface area contributed by atoms with Gasteiger partial charge in [-0.2, -0.15) is 10.5 Å². The fraction of sp³-hybridized carbons (Fsp3) is 0.185. The Bertz CT molecular complexity index is 1300. The quantitative estimate of drug-likeness (QED) is 0.321. The summed E-state index contributed by atoms with van der Waals surface area (Å²) >= 11 is 0. The molecule has 1 aromatic heterocycles. The second-order valence-corrected chi connectivity index (χ2v) is 7.78. The highest BCUT2D eigenvalue weighted by Crippen LogP contribution is 2.30. The van der Waals surface area contributed by atoms with Crippen molar-refractivity contribution >= 4 is 5.69 Å². The molecule has 34 heavy (non-hydrogen) atoms. The first kappa shape index (κ1) is 22.6. The normalized spacial score (nSPS) is 10.3. The first-order valence-corrected chi connectivity index (χ1v) is 11.1. The Labute approximate surface area is 199 Å². The summed E-state index contributed by atoms with van der Waals surface area (Å²) in [5, 5.41) is 28.7. The molecule has 0 aliphatic carbocycles. The van der Waals surface area contributed by atoms with Crippen LogP contribution in [0.1, 0.15) is 36.5 Å². The van der Waals surface area contributed by atoms with E-state index in [1.54, 1.807) is 24.8 Å². The van der Waals surface area contributed by atoms with Gasteiger partial charge in [-0.1, -0.05) is 37.6 Å². The number of ether oxygens (including phenoxy) is 1. The van der Waals surface area contributed by atoms with E-state index in [1.165, 1.54) is 0 Å². The average molecular weight is 449 g/mol. The van der Waals surface area contributed by atoms with Crippen LogP contribution in [0.2, 0.25) is 0 Å². The Morgan fingerprint density at radius 2 is 1.65 bits per heavy atom. The zero-order valence-electron chi connectivity index (χ0n) is 18.9. The summed E-state index contributed by atoms with van der Waals surface area (Å²) in [7, 11) is 0. The van der Waals surface area contributed by atoms with Crippen LogP contribution in [0.25, 0.3) is 11.1 Å². The van der Waals surface area contributed by atoms with Crippen LogP contribution in [0, 0.1) is 22.7 Å². The lowest BCUT2D eigenvalue weighted by Crippen LogP contribution is -2.27. The molecule has 0 saturated carbocycles. The molecule has 0 aliphatic rings. The highest BCUT2D eigenvalue weighted by molar-refractivity contribution is 5.75. The van der Waals surface area contributed by atoms with Crippen LogP contribution in [-0.2, 0) is 6.54 Å². The first-order valence-electron chi connectivity index (χ1n) is 11.1. The number of aromatic nitrogens is 3. The van der Waals surface area contributed by atoms with Crippen molar-refractivity contribution in [2.24, 2.45) is 0 Å². The molecule has 0 bridgehead atoms. The fourth-order valence-electron chi connectivity index (χ4n) is 3.58. The van der Waals surface area contributed by atoms with E-state index in [0.717, 1.165) is 41.0 Å². The zero-order chi connectivity index (χ0) is 23.8. The van der Waals surface area contributed by atoms with Gasteiger partial charge in [0, 0.05) is 5.56 Å². The molecule has 4 aromatic rings. The van der Waals surface area contributed by atoms with Crippen LogP contribution in [0.4, 0.5) is 5.69 Å². The van der Waals surface area contributed by atoms with Crippen LogP contribution in [0.15, 0.2) is 79.4 Å². The van der Waals surface area contributed by atoms with Gasteiger partial charge in [0.2, 0.25) is 0 Å². The molecule has 0 radical (unpaired) electrons. The fourth-order valence-corrected chi connectivity index (χ4v) is 3.58. The standard InChI is InChI=1S/C27H24N6O/c1-2-3-14-34-26-12-6-22(7-13-26)18-33(32-19-30-31-20-32)25-11-10-24(17-29)27(15-25)23-8-4-21(16-28)5-9-23/h4-13,15,19-20H,2-3,14,18H2,1H3. The minimum Gasteiger partial charge on any atom is -0.494 e. The molecule has 168 valence electrons. The van der Waals surface area contributed by atoms with Gasteiger partial charge in [0.15, 0.2) is 0 Å². The largest absolute Gasteiger partial charge is 0.494 e. The third-order valence-corrected chi connectivity index (χ3v) is 5.45. The minimum absolute atomic E-state index is 0.561. The number of rotatable bonds is 9. The molecule has 0 aliphatic heterocycles. The Morgan fingerprint density at radius 3 is 2.29 bits per heavy atom. The third kappa shape index (κ3) is 5.23. The first-order chi connectivity index (χ1) is 16.7. The van der Waals surface area contributed by atoms with E-state index in [9.17, 15) is 5.26 Å². The maximum Gasteiger partial charge on any atom is 0.139 e. The summed E-state index contributed by atoms with van der Waals surface area (Å²) in [6.07, 6.45) is 5.41. The van der Waals surface area contributed by atoms with Crippen molar-refractivity contribution in [1.82, 2.24) is 14.9 Å². The molecular weight excluding hydrogens is 424 g/mol. The van der Waals surface area contributed by atoms with Crippen molar-refractivity contribution in [1.29, 1.82) is 10.5 Å². The van der Waals surface area contributed by atoms with Gasteiger partial charge in [-0.15, -0.1) is 10.2 Å². The van der Waals surface area contributed by atoms with Crippen molar-refractivity contribution < 1.29 is 4.74 Å². The van der Waals surface area contributed by atoms with Crippen LogP contribution in [0.5, 0.6) is 5.75 Å². The summed E-state index contributed by atoms with van der Waals surface area (Å²) in [4.78, 5) is 0. The van der Waals surface area contributed by atoms with E-state index in [-0.39, 0.29) is 0 Å². The molecule has 1 heterocycles. The Balaban J connectivity index is 1.65. The highest BCUT2D eigenvalue weighted by atomic mass is 16.5. The number of hydrogen-bond acceptors (Lipinski definition) is 6. The zero-order valence-corrected chi connectivity index (χ0v) is 18.9. The van der Waals surface area contributed by atoms with Gasteiger partial charge in [0.05, 0.1) is 42.1 Å². The van der Waals surface area contributed by atoms with Crippen molar-refractivity contribution in [2.45, 2.75) is 26.3 Å².